The SMILES string of the molecule is CNCc1scc(C)c1S(=O)(=O)NCC(C)(C)CN(C)C. The van der Waals surface area contributed by atoms with Crippen LogP contribution in [-0.4, -0.2) is 47.6 Å². The van der Waals surface area contributed by atoms with Gasteiger partial charge in [-0.2, -0.15) is 0 Å². The van der Waals surface area contributed by atoms with E-state index in [4.69, 9.17) is 0 Å². The number of thiophene rings is 1. The van der Waals surface area contributed by atoms with Crippen LogP contribution < -0.4 is 10.0 Å². The van der Waals surface area contributed by atoms with E-state index in [1.165, 1.54) is 11.3 Å². The zero-order chi connectivity index (χ0) is 16.3. The number of nitrogens with zero attached hydrogens (tertiary/aromatic N) is 1. The topological polar surface area (TPSA) is 61.4 Å². The first-order valence-corrected chi connectivity index (χ1v) is 9.31. The maximum absolute atomic E-state index is 12.6. The number of hydrogen-bond acceptors (Lipinski definition) is 5. The van der Waals surface area contributed by atoms with Gasteiger partial charge in [0.05, 0.1) is 0 Å². The van der Waals surface area contributed by atoms with Gasteiger partial charge in [0.25, 0.3) is 0 Å². The van der Waals surface area contributed by atoms with Crippen molar-refractivity contribution < 1.29 is 8.42 Å². The van der Waals surface area contributed by atoms with E-state index in [1.807, 2.05) is 33.4 Å². The Morgan fingerprint density at radius 3 is 2.48 bits per heavy atom. The van der Waals surface area contributed by atoms with Crippen molar-refractivity contribution in [3.8, 4) is 0 Å². The van der Waals surface area contributed by atoms with Crippen LogP contribution >= 0.6 is 11.3 Å². The maximum atomic E-state index is 12.6. The van der Waals surface area contributed by atoms with Crippen molar-refractivity contribution in [2.75, 3.05) is 34.2 Å². The second kappa shape index (κ2) is 7.19. The van der Waals surface area contributed by atoms with E-state index in [0.717, 1.165) is 17.0 Å². The number of nitrogens with one attached hydrogen (secondary N) is 2. The van der Waals surface area contributed by atoms with Crippen LogP contribution in [0, 0.1) is 12.3 Å². The molecular weight excluding hydrogens is 306 g/mol. The van der Waals surface area contributed by atoms with Gasteiger partial charge in [0.15, 0.2) is 0 Å². The lowest BCUT2D eigenvalue weighted by Crippen LogP contribution is -2.40. The molecule has 0 aromatic carbocycles. The Morgan fingerprint density at radius 2 is 1.95 bits per heavy atom. The highest BCUT2D eigenvalue weighted by Crippen LogP contribution is 2.27. The van der Waals surface area contributed by atoms with Crippen LogP contribution in [0.1, 0.15) is 24.3 Å². The molecule has 0 spiro atoms. The summed E-state index contributed by atoms with van der Waals surface area (Å²) in [5, 5.41) is 4.91. The van der Waals surface area contributed by atoms with Gasteiger partial charge >= 0.3 is 0 Å². The smallest absolute Gasteiger partial charge is 0.242 e. The fourth-order valence-electron chi connectivity index (χ4n) is 2.41. The first-order valence-electron chi connectivity index (χ1n) is 6.95. The molecule has 2 N–H and O–H groups in total. The summed E-state index contributed by atoms with van der Waals surface area (Å²) in [5.74, 6) is 0. The van der Waals surface area contributed by atoms with E-state index in [-0.39, 0.29) is 5.41 Å². The first-order chi connectivity index (χ1) is 9.59. The standard InChI is InChI=1S/C14H27N3O2S2/c1-11-8-20-12(7-15-4)13(11)21(18,19)16-9-14(2,3)10-17(5)6/h8,15-16H,7,9-10H2,1-6H3. The molecular formula is C14H27N3O2S2. The van der Waals surface area contributed by atoms with Crippen LogP contribution in [0.2, 0.25) is 0 Å². The Bertz CT molecular complexity index is 563. The van der Waals surface area contributed by atoms with Gasteiger partial charge in [-0.3, -0.25) is 0 Å². The van der Waals surface area contributed by atoms with Gasteiger partial charge < -0.3 is 10.2 Å². The lowest BCUT2D eigenvalue weighted by atomic mass is 9.93. The quantitative estimate of drug-likeness (QED) is 0.759. The molecule has 0 fully saturated rings. The molecule has 5 nitrogen and oxygen atoms in total. The highest BCUT2D eigenvalue weighted by atomic mass is 32.2. The van der Waals surface area contributed by atoms with E-state index < -0.39 is 10.0 Å². The summed E-state index contributed by atoms with van der Waals surface area (Å²) in [5.41, 5.74) is 0.687. The molecule has 1 heterocycles. The number of hydrogen-bond donors (Lipinski definition) is 2. The zero-order valence-corrected chi connectivity index (χ0v) is 15.4. The van der Waals surface area contributed by atoms with Gasteiger partial charge in [-0.1, -0.05) is 13.8 Å². The molecule has 0 aliphatic rings. The molecule has 0 saturated carbocycles. The van der Waals surface area contributed by atoms with Crippen LogP contribution in [0.3, 0.4) is 0 Å². The lowest BCUT2D eigenvalue weighted by Gasteiger charge is -2.28. The molecule has 0 bridgehead atoms. The summed E-state index contributed by atoms with van der Waals surface area (Å²) in [4.78, 5) is 3.35. The minimum absolute atomic E-state index is 0.121. The maximum Gasteiger partial charge on any atom is 0.242 e. The van der Waals surface area contributed by atoms with E-state index in [9.17, 15) is 8.42 Å². The molecule has 7 heteroatoms. The van der Waals surface area contributed by atoms with Crippen molar-refractivity contribution in [1.82, 2.24) is 14.9 Å². The molecule has 0 aliphatic carbocycles. The fraction of sp³-hybridized carbons (Fsp3) is 0.714. The van der Waals surface area contributed by atoms with Crippen LogP contribution in [-0.2, 0) is 16.6 Å². The van der Waals surface area contributed by atoms with Gasteiger partial charge in [-0.05, 0) is 44.4 Å². The Balaban J connectivity index is 2.90. The molecule has 1 aromatic rings. The second-order valence-corrected chi connectivity index (χ2v) is 9.10. The highest BCUT2D eigenvalue weighted by molar-refractivity contribution is 7.89. The average molecular weight is 334 g/mol. The summed E-state index contributed by atoms with van der Waals surface area (Å²) in [6.45, 7) is 7.77. The minimum Gasteiger partial charge on any atom is -0.315 e. The van der Waals surface area contributed by atoms with Crippen LogP contribution in [0.5, 0.6) is 0 Å². The predicted molar refractivity (Wildman–Crippen MR) is 89.3 cm³/mol. The van der Waals surface area contributed by atoms with E-state index in [2.05, 4.69) is 28.8 Å². The molecule has 0 aliphatic heterocycles. The van der Waals surface area contributed by atoms with Crippen LogP contribution in [0.4, 0.5) is 0 Å². The van der Waals surface area contributed by atoms with Crippen molar-refractivity contribution in [2.45, 2.75) is 32.2 Å². The summed E-state index contributed by atoms with van der Waals surface area (Å²) in [6.07, 6.45) is 0. The molecule has 0 atom stereocenters. The van der Waals surface area contributed by atoms with E-state index in [0.29, 0.717) is 18.0 Å². The van der Waals surface area contributed by atoms with Gasteiger partial charge in [0.2, 0.25) is 10.0 Å². The lowest BCUT2D eigenvalue weighted by molar-refractivity contribution is 0.242. The minimum atomic E-state index is -3.47. The number of rotatable bonds is 8. The molecule has 0 saturated heterocycles. The molecule has 0 amide bonds. The number of sulfonamides is 1. The zero-order valence-electron chi connectivity index (χ0n) is 13.8. The Labute approximate surface area is 132 Å². The van der Waals surface area contributed by atoms with Crippen molar-refractivity contribution in [3.05, 3.63) is 15.8 Å². The summed E-state index contributed by atoms with van der Waals surface area (Å²) >= 11 is 1.48. The third-order valence-electron chi connectivity index (χ3n) is 3.08. The highest BCUT2D eigenvalue weighted by Gasteiger charge is 2.26. The second-order valence-electron chi connectivity index (χ2n) is 6.43. The van der Waals surface area contributed by atoms with Gasteiger partial charge in [0.1, 0.15) is 4.90 Å². The first kappa shape index (κ1) is 18.6. The molecule has 0 unspecified atom stereocenters. The third kappa shape index (κ3) is 5.34. The normalized spacial score (nSPS) is 13.1. The van der Waals surface area contributed by atoms with Gasteiger partial charge in [-0.15, -0.1) is 11.3 Å². The Hall–Kier alpha value is -0.470. The largest absolute Gasteiger partial charge is 0.315 e. The predicted octanol–water partition coefficient (Wildman–Crippen LogP) is 1.64. The van der Waals surface area contributed by atoms with Crippen molar-refractivity contribution in [2.24, 2.45) is 5.41 Å². The van der Waals surface area contributed by atoms with Crippen LogP contribution in [0.25, 0.3) is 0 Å². The van der Waals surface area contributed by atoms with E-state index in [1.54, 1.807) is 0 Å². The molecule has 1 rings (SSSR count). The summed E-state index contributed by atoms with van der Waals surface area (Å²) in [7, 11) is 2.33. The van der Waals surface area contributed by atoms with Crippen molar-refractivity contribution in [3.63, 3.8) is 0 Å². The third-order valence-corrected chi connectivity index (χ3v) is 5.94. The summed E-state index contributed by atoms with van der Waals surface area (Å²) < 4.78 is 28.0. The van der Waals surface area contributed by atoms with Crippen molar-refractivity contribution >= 4 is 21.4 Å². The Morgan fingerprint density at radius 1 is 1.33 bits per heavy atom. The monoisotopic (exact) mass is 333 g/mol. The fourth-order valence-corrected chi connectivity index (χ4v) is 5.47. The molecule has 122 valence electrons. The van der Waals surface area contributed by atoms with E-state index >= 15 is 0 Å². The van der Waals surface area contributed by atoms with Crippen LogP contribution in [0.15, 0.2) is 10.3 Å². The van der Waals surface area contributed by atoms with Crippen molar-refractivity contribution in [1.29, 1.82) is 0 Å². The summed E-state index contributed by atoms with van der Waals surface area (Å²) in [6, 6.07) is 0. The Kier molecular flexibility index (Phi) is 6.36. The average Bonchev–Trinajstić information content (AvgIpc) is 2.68. The molecule has 0 radical (unpaired) electrons. The molecule has 1 aromatic heterocycles. The van der Waals surface area contributed by atoms with Gasteiger partial charge in [-0.25, -0.2) is 13.1 Å². The number of aryl methyl sites for hydroxylation is 1. The molecule has 21 heavy (non-hydrogen) atoms. The van der Waals surface area contributed by atoms with Gasteiger partial charge in [0, 0.05) is 24.5 Å².